The fourth-order valence-electron chi connectivity index (χ4n) is 2.98. The third kappa shape index (κ3) is 3.70. The van der Waals surface area contributed by atoms with Gasteiger partial charge in [-0.25, -0.2) is 4.98 Å². The van der Waals surface area contributed by atoms with Crippen molar-refractivity contribution < 1.29 is 14.4 Å². The number of benzene rings is 3. The molecule has 0 atom stereocenters. The minimum absolute atomic E-state index is 0.275. The lowest BCUT2D eigenvalue weighted by atomic mass is 10.1. The summed E-state index contributed by atoms with van der Waals surface area (Å²) in [5.74, 6) is 0.113. The zero-order valence-corrected chi connectivity index (χ0v) is 15.8. The van der Waals surface area contributed by atoms with Gasteiger partial charge in [-0.3, -0.25) is 15.1 Å². The zero-order chi connectivity index (χ0) is 20.5. The SMILES string of the molecule is Cc1ccc(-c2nc3cc(N=Cc4cc(C)cc([N+](=O)[O-])c4O)ccc3o2)cc1. The van der Waals surface area contributed by atoms with E-state index in [9.17, 15) is 15.2 Å². The molecule has 0 fully saturated rings. The number of nitro groups is 1. The van der Waals surface area contributed by atoms with Gasteiger partial charge in [0, 0.05) is 23.4 Å². The average Bonchev–Trinajstić information content (AvgIpc) is 3.12. The van der Waals surface area contributed by atoms with E-state index in [1.165, 1.54) is 12.3 Å². The standard InChI is InChI=1S/C22H17N3O4/c1-13-3-5-15(6-4-13)22-24-18-11-17(7-8-20(18)29-22)23-12-16-9-14(2)10-19(21(16)26)25(27)28/h3-12,26H,1-2H3. The molecule has 0 bridgehead atoms. The summed E-state index contributed by atoms with van der Waals surface area (Å²) in [5, 5.41) is 21.2. The molecule has 0 saturated carbocycles. The van der Waals surface area contributed by atoms with E-state index in [1.54, 1.807) is 31.2 Å². The van der Waals surface area contributed by atoms with Crippen molar-refractivity contribution in [3.63, 3.8) is 0 Å². The molecule has 0 spiro atoms. The molecule has 1 aromatic heterocycles. The molecular formula is C22H17N3O4. The summed E-state index contributed by atoms with van der Waals surface area (Å²) in [5.41, 5.74) is 4.49. The highest BCUT2D eigenvalue weighted by Gasteiger charge is 2.17. The third-order valence-corrected chi connectivity index (χ3v) is 4.48. The summed E-state index contributed by atoms with van der Waals surface area (Å²) in [6.07, 6.45) is 1.40. The van der Waals surface area contributed by atoms with Gasteiger partial charge in [0.1, 0.15) is 5.52 Å². The Labute approximate surface area is 166 Å². The summed E-state index contributed by atoms with van der Waals surface area (Å²) in [6, 6.07) is 16.1. The molecule has 29 heavy (non-hydrogen) atoms. The highest BCUT2D eigenvalue weighted by Crippen LogP contribution is 2.31. The summed E-state index contributed by atoms with van der Waals surface area (Å²) in [7, 11) is 0. The first kappa shape index (κ1) is 18.4. The third-order valence-electron chi connectivity index (χ3n) is 4.48. The van der Waals surface area contributed by atoms with Crippen molar-refractivity contribution in [1.82, 2.24) is 4.98 Å². The van der Waals surface area contributed by atoms with Gasteiger partial charge in [-0.1, -0.05) is 17.7 Å². The first-order chi connectivity index (χ1) is 13.9. The normalized spacial score (nSPS) is 11.4. The van der Waals surface area contributed by atoms with Crippen molar-refractivity contribution in [2.75, 3.05) is 0 Å². The van der Waals surface area contributed by atoms with Crippen molar-refractivity contribution in [3.05, 3.63) is 81.4 Å². The zero-order valence-electron chi connectivity index (χ0n) is 15.8. The van der Waals surface area contributed by atoms with Crippen molar-refractivity contribution >= 4 is 28.7 Å². The first-order valence-corrected chi connectivity index (χ1v) is 8.90. The molecule has 1 N–H and O–H groups in total. The summed E-state index contributed by atoms with van der Waals surface area (Å²) in [4.78, 5) is 19.3. The minimum atomic E-state index is -0.617. The predicted molar refractivity (Wildman–Crippen MR) is 111 cm³/mol. The van der Waals surface area contributed by atoms with Gasteiger partial charge in [0.15, 0.2) is 5.58 Å². The molecule has 144 valence electrons. The highest BCUT2D eigenvalue weighted by atomic mass is 16.6. The Morgan fingerprint density at radius 3 is 2.55 bits per heavy atom. The number of phenolic OH excluding ortho intramolecular Hbond substituents is 1. The van der Waals surface area contributed by atoms with Crippen LogP contribution in [0.25, 0.3) is 22.6 Å². The number of aliphatic imine (C=N–C) groups is 1. The number of aromatic hydroxyl groups is 1. The molecule has 0 unspecified atom stereocenters. The van der Waals surface area contributed by atoms with Gasteiger partial charge in [0.05, 0.1) is 10.6 Å². The number of nitrogens with zero attached hydrogens (tertiary/aromatic N) is 3. The lowest BCUT2D eigenvalue weighted by Gasteiger charge is -2.02. The minimum Gasteiger partial charge on any atom is -0.502 e. The van der Waals surface area contributed by atoms with Gasteiger partial charge >= 0.3 is 5.69 Å². The van der Waals surface area contributed by atoms with Gasteiger partial charge in [-0.2, -0.15) is 0 Å². The Balaban J connectivity index is 1.67. The average molecular weight is 387 g/mol. The first-order valence-electron chi connectivity index (χ1n) is 8.90. The molecule has 4 rings (SSSR count). The smallest absolute Gasteiger partial charge is 0.311 e. The fourth-order valence-corrected chi connectivity index (χ4v) is 2.98. The topological polar surface area (TPSA) is 102 Å². The Morgan fingerprint density at radius 1 is 1.07 bits per heavy atom. The van der Waals surface area contributed by atoms with Crippen LogP contribution in [0, 0.1) is 24.0 Å². The lowest BCUT2D eigenvalue weighted by Crippen LogP contribution is -1.93. The van der Waals surface area contributed by atoms with Crippen LogP contribution in [0.5, 0.6) is 5.75 Å². The molecule has 0 aliphatic carbocycles. The van der Waals surface area contributed by atoms with Gasteiger partial charge in [0.25, 0.3) is 0 Å². The van der Waals surface area contributed by atoms with Crippen LogP contribution in [0.1, 0.15) is 16.7 Å². The van der Waals surface area contributed by atoms with Crippen LogP contribution in [0.2, 0.25) is 0 Å². The maximum Gasteiger partial charge on any atom is 0.311 e. The maximum atomic E-state index is 11.1. The van der Waals surface area contributed by atoms with Crippen LogP contribution < -0.4 is 0 Å². The molecule has 0 aliphatic rings. The Kier molecular flexibility index (Phi) is 4.56. The largest absolute Gasteiger partial charge is 0.502 e. The molecular weight excluding hydrogens is 370 g/mol. The van der Waals surface area contributed by atoms with Crippen molar-refractivity contribution in [3.8, 4) is 17.2 Å². The molecule has 7 heteroatoms. The Hall–Kier alpha value is -4.00. The molecule has 1 heterocycles. The van der Waals surface area contributed by atoms with Crippen LogP contribution >= 0.6 is 0 Å². The van der Waals surface area contributed by atoms with E-state index in [2.05, 4.69) is 9.98 Å². The fraction of sp³-hybridized carbons (Fsp3) is 0.0909. The van der Waals surface area contributed by atoms with Gasteiger partial charge in [0.2, 0.25) is 11.6 Å². The van der Waals surface area contributed by atoms with E-state index in [4.69, 9.17) is 4.42 Å². The molecule has 0 radical (unpaired) electrons. The lowest BCUT2D eigenvalue weighted by molar-refractivity contribution is -0.385. The summed E-state index contributed by atoms with van der Waals surface area (Å²) >= 11 is 0. The van der Waals surface area contributed by atoms with E-state index in [1.807, 2.05) is 31.2 Å². The second kappa shape index (κ2) is 7.20. The second-order valence-corrected chi connectivity index (χ2v) is 6.77. The van der Waals surface area contributed by atoms with Crippen molar-refractivity contribution in [2.45, 2.75) is 13.8 Å². The van der Waals surface area contributed by atoms with E-state index < -0.39 is 10.7 Å². The molecule has 4 aromatic rings. The van der Waals surface area contributed by atoms with E-state index >= 15 is 0 Å². The van der Waals surface area contributed by atoms with Gasteiger partial charge < -0.3 is 9.52 Å². The number of aryl methyl sites for hydroxylation is 2. The molecule has 0 saturated heterocycles. The number of fused-ring (bicyclic) bond motifs is 1. The number of oxazole rings is 1. The van der Waals surface area contributed by atoms with Crippen LogP contribution in [0.4, 0.5) is 11.4 Å². The molecule has 0 aliphatic heterocycles. The Morgan fingerprint density at radius 2 is 1.83 bits per heavy atom. The maximum absolute atomic E-state index is 11.1. The van der Waals surface area contributed by atoms with Crippen LogP contribution in [0.15, 0.2) is 64.0 Å². The van der Waals surface area contributed by atoms with E-state index in [0.717, 1.165) is 11.1 Å². The molecule has 7 nitrogen and oxygen atoms in total. The molecule has 0 amide bonds. The van der Waals surface area contributed by atoms with Crippen LogP contribution in [-0.4, -0.2) is 21.2 Å². The monoisotopic (exact) mass is 387 g/mol. The van der Waals surface area contributed by atoms with Crippen LogP contribution in [-0.2, 0) is 0 Å². The van der Waals surface area contributed by atoms with Gasteiger partial charge in [-0.05, 0) is 55.8 Å². The quantitative estimate of drug-likeness (QED) is 0.284. The number of phenols is 1. The van der Waals surface area contributed by atoms with E-state index in [0.29, 0.717) is 28.2 Å². The number of nitro benzene ring substituents is 1. The van der Waals surface area contributed by atoms with Crippen molar-refractivity contribution in [1.29, 1.82) is 0 Å². The molecule has 3 aromatic carbocycles. The number of aromatic nitrogens is 1. The Bertz CT molecular complexity index is 1260. The number of rotatable bonds is 4. The number of hydrogen-bond acceptors (Lipinski definition) is 6. The van der Waals surface area contributed by atoms with Gasteiger partial charge in [-0.15, -0.1) is 0 Å². The summed E-state index contributed by atoms with van der Waals surface area (Å²) in [6.45, 7) is 3.73. The van der Waals surface area contributed by atoms with Crippen molar-refractivity contribution in [2.24, 2.45) is 4.99 Å². The highest BCUT2D eigenvalue weighted by molar-refractivity contribution is 5.89. The van der Waals surface area contributed by atoms with E-state index in [-0.39, 0.29) is 11.3 Å². The predicted octanol–water partition coefficient (Wildman–Crippen LogP) is 5.48. The second-order valence-electron chi connectivity index (χ2n) is 6.77. The van der Waals surface area contributed by atoms with Crippen LogP contribution in [0.3, 0.4) is 0 Å². The number of hydrogen-bond donors (Lipinski definition) is 1. The summed E-state index contributed by atoms with van der Waals surface area (Å²) < 4.78 is 5.81.